The van der Waals surface area contributed by atoms with E-state index in [1.54, 1.807) is 12.1 Å². The Morgan fingerprint density at radius 1 is 0.955 bits per heavy atom. The van der Waals surface area contributed by atoms with Gasteiger partial charge in [-0.05, 0) is 52.7 Å². The number of hydrogen-bond acceptors (Lipinski definition) is 2. The second kappa shape index (κ2) is 8.65. The number of aryl methyl sites for hydroxylation is 1. The van der Waals surface area contributed by atoms with E-state index in [1.165, 1.54) is 0 Å². The molecule has 0 radical (unpaired) electrons. The summed E-state index contributed by atoms with van der Waals surface area (Å²) >= 11 is 0. The van der Waals surface area contributed by atoms with Crippen LogP contribution in [0.4, 0.5) is 0 Å². The van der Waals surface area contributed by atoms with E-state index in [0.717, 1.165) is 49.1 Å². The van der Waals surface area contributed by atoms with E-state index in [9.17, 15) is 8.42 Å². The molecule has 0 aliphatic heterocycles. The Balaban J connectivity index is 2.42. The zero-order valence-corrected chi connectivity index (χ0v) is 15.2. The average Bonchev–Trinajstić information content (AvgIpc) is 2.52. The molecule has 0 atom stereocenters. The molecule has 0 saturated heterocycles. The zero-order chi connectivity index (χ0) is 16.6. The van der Waals surface area contributed by atoms with Crippen LogP contribution in [-0.2, 0) is 10.0 Å². The summed E-state index contributed by atoms with van der Waals surface area (Å²) in [7, 11) is -3.36. The third kappa shape index (κ3) is 5.38. The Morgan fingerprint density at radius 3 is 2.00 bits per heavy atom. The van der Waals surface area contributed by atoms with Gasteiger partial charge in [0, 0.05) is 6.54 Å². The highest BCUT2D eigenvalue weighted by Crippen LogP contribution is 2.11. The molecule has 1 aromatic carbocycles. The number of quaternary nitrogens is 1. The number of unbranched alkanes of at least 4 members (excludes halogenated alkanes) is 1. The summed E-state index contributed by atoms with van der Waals surface area (Å²) in [5.41, 5.74) is 1.06. The van der Waals surface area contributed by atoms with Crippen LogP contribution in [0.1, 0.15) is 39.2 Å². The first-order valence-electron chi connectivity index (χ1n) is 8.30. The van der Waals surface area contributed by atoms with Gasteiger partial charge in [0.15, 0.2) is 0 Å². The van der Waals surface area contributed by atoms with Crippen LogP contribution in [0.25, 0.3) is 0 Å². The van der Waals surface area contributed by atoms with E-state index in [4.69, 9.17) is 0 Å². The standard InChI is InChI=1S/C17H31N2O2S/c1-5-19(6-2,7-3)15-9-8-14-18-22(20,21)17-12-10-16(4)11-13-17/h10-13,18H,5-9,14-15H2,1-4H3/q+1. The highest BCUT2D eigenvalue weighted by Gasteiger charge is 2.20. The molecule has 0 spiro atoms. The van der Waals surface area contributed by atoms with Crippen molar-refractivity contribution >= 4 is 10.0 Å². The maximum absolute atomic E-state index is 12.2. The van der Waals surface area contributed by atoms with E-state index in [-0.39, 0.29) is 0 Å². The maximum Gasteiger partial charge on any atom is 0.240 e. The Hall–Kier alpha value is -0.910. The minimum atomic E-state index is -3.36. The average molecular weight is 328 g/mol. The van der Waals surface area contributed by atoms with Gasteiger partial charge in [0.2, 0.25) is 10.0 Å². The molecule has 0 fully saturated rings. The number of benzene rings is 1. The molecule has 22 heavy (non-hydrogen) atoms. The van der Waals surface area contributed by atoms with Crippen molar-refractivity contribution in [2.75, 3.05) is 32.7 Å². The van der Waals surface area contributed by atoms with Crippen molar-refractivity contribution in [1.82, 2.24) is 4.72 Å². The van der Waals surface area contributed by atoms with E-state index in [0.29, 0.717) is 11.4 Å². The fraction of sp³-hybridized carbons (Fsp3) is 0.647. The van der Waals surface area contributed by atoms with Gasteiger partial charge >= 0.3 is 0 Å². The van der Waals surface area contributed by atoms with Crippen molar-refractivity contribution in [3.63, 3.8) is 0 Å². The van der Waals surface area contributed by atoms with Gasteiger partial charge in [0.25, 0.3) is 0 Å². The monoisotopic (exact) mass is 327 g/mol. The number of rotatable bonds is 10. The van der Waals surface area contributed by atoms with Gasteiger partial charge < -0.3 is 4.48 Å². The normalized spacial score (nSPS) is 12.5. The summed E-state index contributed by atoms with van der Waals surface area (Å²) in [5, 5.41) is 0. The molecule has 0 heterocycles. The second-order valence-corrected chi connectivity index (χ2v) is 7.70. The molecular weight excluding hydrogens is 296 g/mol. The van der Waals surface area contributed by atoms with Crippen molar-refractivity contribution < 1.29 is 12.9 Å². The summed E-state index contributed by atoms with van der Waals surface area (Å²) in [6.45, 7) is 13.7. The van der Waals surface area contributed by atoms with Crippen LogP contribution in [-0.4, -0.2) is 45.6 Å². The predicted molar refractivity (Wildman–Crippen MR) is 92.4 cm³/mol. The second-order valence-electron chi connectivity index (χ2n) is 5.93. The van der Waals surface area contributed by atoms with Gasteiger partial charge in [-0.1, -0.05) is 17.7 Å². The molecule has 1 rings (SSSR count). The van der Waals surface area contributed by atoms with Gasteiger partial charge in [-0.15, -0.1) is 0 Å². The molecule has 0 saturated carbocycles. The first kappa shape index (κ1) is 19.1. The Kier molecular flexibility index (Phi) is 7.53. The summed E-state index contributed by atoms with van der Waals surface area (Å²) in [6.07, 6.45) is 1.93. The number of hydrogen-bond donors (Lipinski definition) is 1. The van der Waals surface area contributed by atoms with E-state index < -0.39 is 10.0 Å². The quantitative estimate of drug-likeness (QED) is 0.530. The zero-order valence-electron chi connectivity index (χ0n) is 14.4. The fourth-order valence-electron chi connectivity index (χ4n) is 2.72. The molecule has 126 valence electrons. The predicted octanol–water partition coefficient (Wildman–Crippen LogP) is 2.93. The van der Waals surface area contributed by atoms with Crippen LogP contribution >= 0.6 is 0 Å². The highest BCUT2D eigenvalue weighted by atomic mass is 32.2. The van der Waals surface area contributed by atoms with E-state index in [2.05, 4.69) is 25.5 Å². The summed E-state index contributed by atoms with van der Waals surface area (Å²) in [4.78, 5) is 0.346. The van der Waals surface area contributed by atoms with Crippen molar-refractivity contribution in [3.8, 4) is 0 Å². The van der Waals surface area contributed by atoms with E-state index >= 15 is 0 Å². The van der Waals surface area contributed by atoms with Gasteiger partial charge in [-0.3, -0.25) is 0 Å². The Bertz CT molecular complexity index is 526. The Labute approximate surface area is 136 Å². The van der Waals surface area contributed by atoms with Crippen LogP contribution in [0, 0.1) is 6.92 Å². The number of nitrogens with zero attached hydrogens (tertiary/aromatic N) is 1. The third-order valence-corrected chi connectivity index (χ3v) is 6.17. The fourth-order valence-corrected chi connectivity index (χ4v) is 3.80. The molecule has 0 bridgehead atoms. The molecule has 1 aromatic rings. The lowest BCUT2D eigenvalue weighted by atomic mass is 10.2. The molecule has 1 N–H and O–H groups in total. The first-order valence-corrected chi connectivity index (χ1v) is 9.79. The van der Waals surface area contributed by atoms with Crippen LogP contribution in [0.15, 0.2) is 29.2 Å². The molecule has 5 heteroatoms. The SMILES string of the molecule is CC[N+](CC)(CC)CCCCNS(=O)(=O)c1ccc(C)cc1. The molecule has 4 nitrogen and oxygen atoms in total. The number of sulfonamides is 1. The van der Waals surface area contributed by atoms with Crippen LogP contribution in [0.2, 0.25) is 0 Å². The van der Waals surface area contributed by atoms with Crippen LogP contribution in [0.5, 0.6) is 0 Å². The van der Waals surface area contributed by atoms with Gasteiger partial charge in [-0.25, -0.2) is 13.1 Å². The highest BCUT2D eigenvalue weighted by molar-refractivity contribution is 7.89. The lowest BCUT2D eigenvalue weighted by Crippen LogP contribution is -2.48. The largest absolute Gasteiger partial charge is 0.324 e. The lowest BCUT2D eigenvalue weighted by molar-refractivity contribution is -0.923. The minimum Gasteiger partial charge on any atom is -0.324 e. The maximum atomic E-state index is 12.2. The molecule has 0 amide bonds. The summed E-state index contributed by atoms with van der Waals surface area (Å²) < 4.78 is 28.1. The van der Waals surface area contributed by atoms with Crippen molar-refractivity contribution in [2.24, 2.45) is 0 Å². The third-order valence-electron chi connectivity index (χ3n) is 4.70. The Morgan fingerprint density at radius 2 is 1.50 bits per heavy atom. The van der Waals surface area contributed by atoms with Crippen LogP contribution in [0.3, 0.4) is 0 Å². The number of nitrogens with one attached hydrogen (secondary N) is 1. The van der Waals surface area contributed by atoms with Crippen molar-refractivity contribution in [1.29, 1.82) is 0 Å². The van der Waals surface area contributed by atoms with Gasteiger partial charge in [0.05, 0.1) is 31.1 Å². The van der Waals surface area contributed by atoms with E-state index in [1.807, 2.05) is 19.1 Å². The van der Waals surface area contributed by atoms with Crippen molar-refractivity contribution in [2.45, 2.75) is 45.4 Å². The first-order chi connectivity index (χ1) is 10.4. The smallest absolute Gasteiger partial charge is 0.240 e. The topological polar surface area (TPSA) is 46.2 Å². The molecule has 0 aromatic heterocycles. The summed E-state index contributed by atoms with van der Waals surface area (Å²) in [6, 6.07) is 6.96. The molecule has 0 unspecified atom stereocenters. The van der Waals surface area contributed by atoms with Gasteiger partial charge in [-0.2, -0.15) is 0 Å². The minimum absolute atomic E-state index is 0.346. The van der Waals surface area contributed by atoms with Crippen LogP contribution < -0.4 is 4.72 Å². The molecule has 0 aliphatic carbocycles. The van der Waals surface area contributed by atoms with Gasteiger partial charge in [0.1, 0.15) is 0 Å². The molecule has 0 aliphatic rings. The summed E-state index contributed by atoms with van der Waals surface area (Å²) in [5.74, 6) is 0. The lowest BCUT2D eigenvalue weighted by Gasteiger charge is -2.35. The molecular formula is C17H31N2O2S+. The van der Waals surface area contributed by atoms with Crippen molar-refractivity contribution in [3.05, 3.63) is 29.8 Å².